The second-order valence-electron chi connectivity index (χ2n) is 10.3. The van der Waals surface area contributed by atoms with Gasteiger partial charge in [-0.25, -0.2) is 0 Å². The molecule has 2 unspecified atom stereocenters. The summed E-state index contributed by atoms with van der Waals surface area (Å²) in [5, 5.41) is 8.96. The lowest BCUT2D eigenvalue weighted by Crippen LogP contribution is -2.35. The number of nitrogens with one attached hydrogen (secondary N) is 2. The van der Waals surface area contributed by atoms with Crippen LogP contribution < -0.4 is 20.1 Å². The van der Waals surface area contributed by atoms with Gasteiger partial charge < -0.3 is 24.7 Å². The van der Waals surface area contributed by atoms with Gasteiger partial charge in [-0.05, 0) is 93.2 Å². The molecule has 0 spiro atoms. The largest absolute Gasteiger partial charge is 0.493 e. The molecule has 2 fully saturated rings. The predicted octanol–water partition coefficient (Wildman–Crippen LogP) is 4.96. The molecule has 3 aliphatic rings. The Morgan fingerprint density at radius 3 is 2.63 bits per heavy atom. The number of aryl methyl sites for hydroxylation is 1. The second-order valence-corrected chi connectivity index (χ2v) is 11.3. The second kappa shape index (κ2) is 9.03. The van der Waals surface area contributed by atoms with Crippen LogP contribution in [0.5, 0.6) is 11.5 Å². The van der Waals surface area contributed by atoms with E-state index in [0.717, 1.165) is 72.9 Å². The molecule has 0 radical (unpaired) electrons. The van der Waals surface area contributed by atoms with Crippen LogP contribution in [0.3, 0.4) is 0 Å². The maximum Gasteiger partial charge on any atom is 0.268 e. The first-order valence-electron chi connectivity index (χ1n) is 12.7. The zero-order chi connectivity index (χ0) is 24.1. The number of thiophene rings is 1. The van der Waals surface area contributed by atoms with Gasteiger partial charge in [-0.1, -0.05) is 6.07 Å². The molecule has 7 heteroatoms. The molecule has 1 amide bonds. The third-order valence-electron chi connectivity index (χ3n) is 7.72. The fraction of sp³-hybridized carbons (Fsp3) is 0.464. The van der Waals surface area contributed by atoms with E-state index in [1.54, 1.807) is 18.4 Å². The van der Waals surface area contributed by atoms with Gasteiger partial charge in [-0.15, -0.1) is 11.3 Å². The number of benzene rings is 1. The van der Waals surface area contributed by atoms with Crippen LogP contribution in [0.25, 0.3) is 21.7 Å². The van der Waals surface area contributed by atoms with Crippen molar-refractivity contribution in [3.05, 3.63) is 47.0 Å². The number of ether oxygens (including phenoxy) is 2. The highest BCUT2D eigenvalue weighted by molar-refractivity contribution is 7.13. The molecule has 184 valence electrons. The SMILES string of the molecule is COc1cc2c(cc1OC(C)C)-c1c(-c3cccs3)cc(C(=O)NC3CC4CNC[C@H]4C3)n1CC2. The van der Waals surface area contributed by atoms with Crippen LogP contribution in [0, 0.1) is 11.8 Å². The molecule has 35 heavy (non-hydrogen) atoms. The Morgan fingerprint density at radius 2 is 1.94 bits per heavy atom. The van der Waals surface area contributed by atoms with Crippen molar-refractivity contribution in [2.45, 2.75) is 51.8 Å². The molecule has 3 atom stereocenters. The number of carbonyl (C=O) groups is 1. The predicted molar refractivity (Wildman–Crippen MR) is 140 cm³/mol. The summed E-state index contributed by atoms with van der Waals surface area (Å²) in [5.74, 6) is 2.94. The summed E-state index contributed by atoms with van der Waals surface area (Å²) in [6.45, 7) is 6.98. The monoisotopic (exact) mass is 491 g/mol. The maximum absolute atomic E-state index is 13.6. The van der Waals surface area contributed by atoms with Gasteiger partial charge in [-0.3, -0.25) is 4.79 Å². The molecule has 2 aliphatic heterocycles. The Morgan fingerprint density at radius 1 is 1.14 bits per heavy atom. The van der Waals surface area contributed by atoms with Gasteiger partial charge in [0, 0.05) is 28.6 Å². The van der Waals surface area contributed by atoms with Crippen molar-refractivity contribution >= 4 is 17.2 Å². The fourth-order valence-corrected chi connectivity index (χ4v) is 6.93. The molecule has 6 nitrogen and oxygen atoms in total. The smallest absolute Gasteiger partial charge is 0.268 e. The van der Waals surface area contributed by atoms with Crippen LogP contribution in [0.2, 0.25) is 0 Å². The third kappa shape index (κ3) is 4.04. The molecule has 3 aromatic rings. The zero-order valence-corrected chi connectivity index (χ0v) is 21.4. The van der Waals surface area contributed by atoms with E-state index in [0.29, 0.717) is 11.8 Å². The van der Waals surface area contributed by atoms with Crippen LogP contribution in [0.4, 0.5) is 0 Å². The van der Waals surface area contributed by atoms with E-state index in [4.69, 9.17) is 9.47 Å². The number of amides is 1. The van der Waals surface area contributed by atoms with Gasteiger partial charge in [0.05, 0.1) is 18.9 Å². The summed E-state index contributed by atoms with van der Waals surface area (Å²) in [5.41, 5.74) is 5.31. The molecule has 6 rings (SSSR count). The molecule has 2 aromatic heterocycles. The molecule has 0 bridgehead atoms. The van der Waals surface area contributed by atoms with Gasteiger partial charge in [0.25, 0.3) is 5.91 Å². The summed E-state index contributed by atoms with van der Waals surface area (Å²) in [7, 11) is 1.69. The van der Waals surface area contributed by atoms with E-state index >= 15 is 0 Å². The first-order chi connectivity index (χ1) is 17.0. The first kappa shape index (κ1) is 22.7. The van der Waals surface area contributed by atoms with E-state index in [1.807, 2.05) is 13.8 Å². The van der Waals surface area contributed by atoms with Crippen LogP contribution in [-0.4, -0.2) is 42.8 Å². The van der Waals surface area contributed by atoms with Crippen LogP contribution in [-0.2, 0) is 13.0 Å². The summed E-state index contributed by atoms with van der Waals surface area (Å²) in [6, 6.07) is 10.8. The number of carbonyl (C=O) groups excluding carboxylic acids is 1. The minimum absolute atomic E-state index is 0.0385. The maximum atomic E-state index is 13.6. The van der Waals surface area contributed by atoms with E-state index in [1.165, 1.54) is 10.4 Å². The Bertz CT molecular complexity index is 1230. The molecule has 1 aliphatic carbocycles. The van der Waals surface area contributed by atoms with E-state index in [2.05, 4.69) is 50.9 Å². The van der Waals surface area contributed by atoms with E-state index in [-0.39, 0.29) is 18.1 Å². The van der Waals surface area contributed by atoms with Gasteiger partial charge >= 0.3 is 0 Å². The van der Waals surface area contributed by atoms with Gasteiger partial charge in [0.2, 0.25) is 0 Å². The number of fused-ring (bicyclic) bond motifs is 4. The first-order valence-corrected chi connectivity index (χ1v) is 13.6. The molecular formula is C28H33N3O3S. The Kier molecular flexibility index (Phi) is 5.85. The molecule has 4 heterocycles. The minimum Gasteiger partial charge on any atom is -0.493 e. The lowest BCUT2D eigenvalue weighted by atomic mass is 9.95. The number of aromatic nitrogens is 1. The Balaban J connectivity index is 1.40. The standard InChI is InChI=1S/C28H33N3O3S/c1-16(2)34-25-13-21-17(11-24(25)33-3)6-7-31-23(12-22(27(21)31)26-5-4-8-35-26)28(32)30-20-9-18-14-29-15-19(18)10-20/h4-5,8,11-13,16,18-20,29H,6-7,9-10,14-15H2,1-3H3,(H,30,32)/t18-,19?,20?/m1/s1. The van der Waals surface area contributed by atoms with Crippen molar-refractivity contribution in [1.29, 1.82) is 0 Å². The number of nitrogens with zero attached hydrogens (tertiary/aromatic N) is 1. The van der Waals surface area contributed by atoms with Crippen LogP contribution in [0.15, 0.2) is 35.7 Å². The molecular weight excluding hydrogens is 458 g/mol. The van der Waals surface area contributed by atoms with Gasteiger partial charge in [0.1, 0.15) is 5.69 Å². The summed E-state index contributed by atoms with van der Waals surface area (Å²) >= 11 is 1.71. The lowest BCUT2D eigenvalue weighted by Gasteiger charge is -2.25. The zero-order valence-electron chi connectivity index (χ0n) is 20.6. The van der Waals surface area contributed by atoms with Crippen LogP contribution in [0.1, 0.15) is 42.7 Å². The lowest BCUT2D eigenvalue weighted by molar-refractivity contribution is 0.0927. The van der Waals surface area contributed by atoms with Crippen molar-refractivity contribution in [2.24, 2.45) is 11.8 Å². The number of rotatable bonds is 6. The molecule has 2 N–H and O–H groups in total. The fourth-order valence-electron chi connectivity index (χ4n) is 6.19. The normalized spacial score (nSPS) is 22.6. The van der Waals surface area contributed by atoms with Crippen molar-refractivity contribution in [1.82, 2.24) is 15.2 Å². The van der Waals surface area contributed by atoms with Crippen molar-refractivity contribution in [2.75, 3.05) is 20.2 Å². The van der Waals surface area contributed by atoms with Gasteiger partial charge in [-0.2, -0.15) is 0 Å². The van der Waals surface area contributed by atoms with Crippen LogP contribution >= 0.6 is 11.3 Å². The summed E-state index contributed by atoms with van der Waals surface area (Å²) in [4.78, 5) is 14.8. The van der Waals surface area contributed by atoms with Gasteiger partial charge in [0.15, 0.2) is 11.5 Å². The summed E-state index contributed by atoms with van der Waals surface area (Å²) < 4.78 is 14.0. The molecule has 1 saturated carbocycles. The number of hydrogen-bond donors (Lipinski definition) is 2. The Hall–Kier alpha value is -2.77. The van der Waals surface area contributed by atoms with E-state index in [9.17, 15) is 4.79 Å². The van der Waals surface area contributed by atoms with Crippen molar-refractivity contribution in [3.8, 4) is 33.2 Å². The quantitative estimate of drug-likeness (QED) is 0.511. The highest BCUT2D eigenvalue weighted by atomic mass is 32.1. The highest BCUT2D eigenvalue weighted by Crippen LogP contribution is 2.45. The minimum atomic E-state index is 0.0385. The number of methoxy groups -OCH3 is 1. The highest BCUT2D eigenvalue weighted by Gasteiger charge is 2.38. The molecule has 1 aromatic carbocycles. The van der Waals surface area contributed by atoms with Crippen molar-refractivity contribution < 1.29 is 14.3 Å². The average molecular weight is 492 g/mol. The average Bonchev–Trinajstić information content (AvgIpc) is 3.60. The van der Waals surface area contributed by atoms with Crippen molar-refractivity contribution in [3.63, 3.8) is 0 Å². The third-order valence-corrected chi connectivity index (χ3v) is 8.62. The molecule has 1 saturated heterocycles. The Labute approximate surface area is 210 Å². The van der Waals surface area contributed by atoms with E-state index < -0.39 is 0 Å². The topological polar surface area (TPSA) is 64.5 Å². The number of hydrogen-bond acceptors (Lipinski definition) is 5. The summed E-state index contributed by atoms with van der Waals surface area (Å²) in [6.07, 6.45) is 3.04.